The largest absolute Gasteiger partial charge is 0.447 e. The van der Waals surface area contributed by atoms with E-state index in [1.54, 1.807) is 33.0 Å². The summed E-state index contributed by atoms with van der Waals surface area (Å²) in [6, 6.07) is 7.35. The van der Waals surface area contributed by atoms with Crippen molar-refractivity contribution in [1.82, 2.24) is 9.78 Å². The molecule has 6 nitrogen and oxygen atoms in total. The Bertz CT molecular complexity index is 650. The van der Waals surface area contributed by atoms with Crippen LogP contribution in [0.2, 0.25) is 0 Å². The number of fused-ring (bicyclic) bond motifs is 1. The van der Waals surface area contributed by atoms with Crippen LogP contribution in [0.4, 0.5) is 4.79 Å². The van der Waals surface area contributed by atoms with Crippen molar-refractivity contribution < 1.29 is 19.7 Å². The lowest BCUT2D eigenvalue weighted by molar-refractivity contribution is -0.0404. The van der Waals surface area contributed by atoms with Gasteiger partial charge in [0.2, 0.25) is 0 Å². The van der Waals surface area contributed by atoms with E-state index in [2.05, 4.69) is 5.10 Å². The Morgan fingerprint density at radius 1 is 1.41 bits per heavy atom. The summed E-state index contributed by atoms with van der Waals surface area (Å²) in [6.45, 7) is 5.21. The lowest BCUT2D eigenvalue weighted by Crippen LogP contribution is -2.39. The Labute approximate surface area is 129 Å². The number of carbonyl (C=O) groups excluding carboxylic acids is 1. The van der Waals surface area contributed by atoms with Crippen molar-refractivity contribution in [2.75, 3.05) is 13.2 Å². The number of aliphatic hydroxyl groups is 2. The van der Waals surface area contributed by atoms with Crippen molar-refractivity contribution in [3.63, 3.8) is 0 Å². The average molecular weight is 306 g/mol. The fraction of sp³-hybridized carbons (Fsp3) is 0.500. The Kier molecular flexibility index (Phi) is 4.83. The van der Waals surface area contributed by atoms with Crippen molar-refractivity contribution in [1.29, 1.82) is 0 Å². The van der Waals surface area contributed by atoms with Crippen LogP contribution in [0.3, 0.4) is 0 Å². The predicted molar refractivity (Wildman–Crippen MR) is 82.5 cm³/mol. The van der Waals surface area contributed by atoms with Gasteiger partial charge in [-0.1, -0.05) is 39.0 Å². The second kappa shape index (κ2) is 6.46. The molecule has 0 amide bonds. The van der Waals surface area contributed by atoms with Gasteiger partial charge < -0.3 is 14.9 Å². The van der Waals surface area contributed by atoms with E-state index < -0.39 is 17.6 Å². The van der Waals surface area contributed by atoms with Crippen LogP contribution in [-0.4, -0.2) is 45.4 Å². The van der Waals surface area contributed by atoms with Gasteiger partial charge in [0.1, 0.15) is 0 Å². The molecule has 0 spiro atoms. The van der Waals surface area contributed by atoms with E-state index in [1.807, 2.05) is 18.2 Å². The van der Waals surface area contributed by atoms with Crippen molar-refractivity contribution in [3.05, 3.63) is 30.5 Å². The molecule has 120 valence electrons. The Hall–Kier alpha value is -1.92. The second-order valence-electron chi connectivity index (χ2n) is 6.26. The third-order valence-electron chi connectivity index (χ3n) is 3.87. The number of nitrogens with zero attached hydrogens (tertiary/aromatic N) is 2. The van der Waals surface area contributed by atoms with Crippen LogP contribution in [0.1, 0.15) is 20.8 Å². The molecule has 0 radical (unpaired) electrons. The van der Waals surface area contributed by atoms with Gasteiger partial charge in [-0.2, -0.15) is 9.78 Å². The summed E-state index contributed by atoms with van der Waals surface area (Å²) in [4.78, 5) is 12.1. The van der Waals surface area contributed by atoms with Crippen molar-refractivity contribution in [2.24, 2.45) is 11.3 Å². The summed E-state index contributed by atoms with van der Waals surface area (Å²) >= 11 is 0. The number of para-hydroxylation sites is 1. The van der Waals surface area contributed by atoms with Gasteiger partial charge in [0.05, 0.1) is 31.0 Å². The highest BCUT2D eigenvalue weighted by Gasteiger charge is 2.32. The van der Waals surface area contributed by atoms with Crippen molar-refractivity contribution >= 4 is 17.0 Å². The Balaban J connectivity index is 2.01. The molecule has 0 aliphatic heterocycles. The van der Waals surface area contributed by atoms with Gasteiger partial charge in [0.15, 0.2) is 0 Å². The molecule has 2 aromatic rings. The molecule has 0 aliphatic rings. The smallest absolute Gasteiger partial charge is 0.435 e. The topological polar surface area (TPSA) is 84.6 Å². The number of hydrogen-bond acceptors (Lipinski definition) is 5. The minimum Gasteiger partial charge on any atom is -0.447 e. The van der Waals surface area contributed by atoms with Crippen molar-refractivity contribution in [2.45, 2.75) is 26.9 Å². The van der Waals surface area contributed by atoms with Gasteiger partial charge >= 0.3 is 6.09 Å². The summed E-state index contributed by atoms with van der Waals surface area (Å²) in [5.74, 6) is -0.298. The van der Waals surface area contributed by atoms with Gasteiger partial charge in [-0.25, -0.2) is 4.79 Å². The fourth-order valence-electron chi connectivity index (χ4n) is 2.34. The molecule has 2 unspecified atom stereocenters. The van der Waals surface area contributed by atoms with Crippen molar-refractivity contribution in [3.8, 4) is 0 Å². The summed E-state index contributed by atoms with van der Waals surface area (Å²) in [5.41, 5.74) is 0.0286. The summed E-state index contributed by atoms with van der Waals surface area (Å²) in [6.07, 6.45) is 0.241. The van der Waals surface area contributed by atoms with E-state index in [-0.39, 0.29) is 19.1 Å². The van der Waals surface area contributed by atoms with Gasteiger partial charge in [-0.3, -0.25) is 0 Å². The quantitative estimate of drug-likeness (QED) is 0.883. The monoisotopic (exact) mass is 306 g/mol. The predicted octanol–water partition coefficient (Wildman–Crippen LogP) is 2.04. The number of ether oxygens (including phenoxy) is 1. The van der Waals surface area contributed by atoms with Crippen LogP contribution in [0.25, 0.3) is 10.9 Å². The van der Waals surface area contributed by atoms with Crippen LogP contribution in [-0.2, 0) is 4.74 Å². The third-order valence-corrected chi connectivity index (χ3v) is 3.87. The number of carbonyl (C=O) groups is 1. The van der Waals surface area contributed by atoms with Crippen LogP contribution in [0.15, 0.2) is 30.5 Å². The normalized spacial score (nSPS) is 14.8. The fourth-order valence-corrected chi connectivity index (χ4v) is 2.34. The molecule has 1 heterocycles. The molecule has 0 aliphatic carbocycles. The SMILES string of the molecule is CC(COC(=O)n1ncc2ccccc21)C(O)C(C)(C)CO. The molecule has 0 bridgehead atoms. The van der Waals surface area contributed by atoms with Gasteiger partial charge in [0.25, 0.3) is 0 Å². The highest BCUT2D eigenvalue weighted by Crippen LogP contribution is 2.25. The maximum atomic E-state index is 12.1. The molecule has 6 heteroatoms. The zero-order valence-corrected chi connectivity index (χ0v) is 13.1. The van der Waals surface area contributed by atoms with Gasteiger partial charge in [0, 0.05) is 16.7 Å². The summed E-state index contributed by atoms with van der Waals surface area (Å²) in [5, 5.41) is 24.3. The average Bonchev–Trinajstić information content (AvgIpc) is 2.95. The van der Waals surface area contributed by atoms with Crippen LogP contribution < -0.4 is 0 Å². The second-order valence-corrected chi connectivity index (χ2v) is 6.26. The lowest BCUT2D eigenvalue weighted by Gasteiger charge is -2.32. The minimum atomic E-state index is -0.778. The van der Waals surface area contributed by atoms with Gasteiger partial charge in [-0.15, -0.1) is 0 Å². The molecule has 0 saturated carbocycles. The van der Waals surface area contributed by atoms with E-state index in [1.165, 1.54) is 4.68 Å². The van der Waals surface area contributed by atoms with Crippen LogP contribution >= 0.6 is 0 Å². The lowest BCUT2D eigenvalue weighted by atomic mass is 9.81. The Morgan fingerprint density at radius 2 is 2.09 bits per heavy atom. The molecule has 2 N–H and O–H groups in total. The maximum Gasteiger partial charge on any atom is 0.435 e. The number of hydrogen-bond donors (Lipinski definition) is 2. The van der Waals surface area contributed by atoms with Crippen LogP contribution in [0.5, 0.6) is 0 Å². The number of rotatable bonds is 5. The van der Waals surface area contributed by atoms with E-state index >= 15 is 0 Å². The third kappa shape index (κ3) is 3.28. The number of benzene rings is 1. The first-order chi connectivity index (χ1) is 10.4. The van der Waals surface area contributed by atoms with E-state index in [0.29, 0.717) is 5.52 Å². The first kappa shape index (κ1) is 16.5. The highest BCUT2D eigenvalue weighted by molar-refractivity contribution is 5.87. The van der Waals surface area contributed by atoms with Gasteiger partial charge in [-0.05, 0) is 6.07 Å². The molecule has 1 aromatic heterocycles. The standard InChI is InChI=1S/C16H22N2O4/c1-11(14(20)16(2,3)10-19)9-22-15(21)18-13-7-5-4-6-12(13)8-17-18/h4-8,11,14,19-20H,9-10H2,1-3H3. The number of aliphatic hydroxyl groups excluding tert-OH is 2. The Morgan fingerprint density at radius 3 is 2.77 bits per heavy atom. The van der Waals surface area contributed by atoms with E-state index in [9.17, 15) is 15.0 Å². The molecule has 0 saturated heterocycles. The molecular weight excluding hydrogens is 284 g/mol. The summed E-state index contributed by atoms with van der Waals surface area (Å²) < 4.78 is 6.44. The molecule has 1 aromatic carbocycles. The zero-order valence-electron chi connectivity index (χ0n) is 13.1. The first-order valence-corrected chi connectivity index (χ1v) is 7.25. The molecule has 22 heavy (non-hydrogen) atoms. The first-order valence-electron chi connectivity index (χ1n) is 7.25. The zero-order chi connectivity index (χ0) is 16.3. The maximum absolute atomic E-state index is 12.1. The number of aromatic nitrogens is 2. The molecule has 0 fully saturated rings. The van der Waals surface area contributed by atoms with Crippen LogP contribution in [0, 0.1) is 11.3 Å². The molecule has 2 atom stereocenters. The molecule has 2 rings (SSSR count). The van der Waals surface area contributed by atoms with E-state index in [4.69, 9.17) is 4.74 Å². The summed E-state index contributed by atoms with van der Waals surface area (Å²) in [7, 11) is 0. The highest BCUT2D eigenvalue weighted by atomic mass is 16.6. The minimum absolute atomic E-state index is 0.0532. The van der Waals surface area contributed by atoms with E-state index in [0.717, 1.165) is 5.39 Å². The molecular formula is C16H22N2O4.